The van der Waals surface area contributed by atoms with Gasteiger partial charge in [-0.2, -0.15) is 0 Å². The van der Waals surface area contributed by atoms with Gasteiger partial charge in [-0.25, -0.2) is 0 Å². The number of hydrogen-bond acceptors (Lipinski definition) is 3. The number of benzene rings is 2. The standard InChI is InChI=1S/C16H20N2O/c1-11-15(9-10-17)19-16-13-6-4-3-5-12(13)7-8-14(16)18(11)2/h3-8,11,15H,9-10,17H2,1-2H3. The molecule has 0 spiro atoms. The van der Waals surface area contributed by atoms with Gasteiger partial charge in [-0.1, -0.05) is 30.3 Å². The first-order valence-electron chi connectivity index (χ1n) is 6.83. The second-order valence-corrected chi connectivity index (χ2v) is 5.22. The Bertz CT molecular complexity index is 596. The van der Waals surface area contributed by atoms with Crippen LogP contribution in [0.5, 0.6) is 5.75 Å². The Hall–Kier alpha value is -1.74. The van der Waals surface area contributed by atoms with E-state index in [0.717, 1.165) is 12.2 Å². The average molecular weight is 256 g/mol. The van der Waals surface area contributed by atoms with Crippen molar-refractivity contribution < 1.29 is 4.74 Å². The predicted molar refractivity (Wildman–Crippen MR) is 79.9 cm³/mol. The van der Waals surface area contributed by atoms with Gasteiger partial charge in [0.1, 0.15) is 6.10 Å². The van der Waals surface area contributed by atoms with Gasteiger partial charge in [0.2, 0.25) is 0 Å². The van der Waals surface area contributed by atoms with E-state index in [9.17, 15) is 0 Å². The molecule has 2 aromatic rings. The minimum absolute atomic E-state index is 0.160. The summed E-state index contributed by atoms with van der Waals surface area (Å²) in [6.07, 6.45) is 1.04. The summed E-state index contributed by atoms with van der Waals surface area (Å²) in [5.74, 6) is 0.997. The molecule has 0 amide bonds. The van der Waals surface area contributed by atoms with E-state index >= 15 is 0 Å². The molecule has 0 aliphatic carbocycles. The van der Waals surface area contributed by atoms with Gasteiger partial charge in [0.15, 0.2) is 5.75 Å². The molecule has 2 aromatic carbocycles. The maximum Gasteiger partial charge on any atom is 0.150 e. The van der Waals surface area contributed by atoms with Crippen LogP contribution in [0.15, 0.2) is 36.4 Å². The number of ether oxygens (including phenoxy) is 1. The molecule has 1 heterocycles. The summed E-state index contributed by atoms with van der Waals surface area (Å²) < 4.78 is 6.25. The van der Waals surface area contributed by atoms with Gasteiger partial charge in [-0.3, -0.25) is 0 Å². The molecule has 1 aliphatic rings. The molecule has 3 nitrogen and oxygen atoms in total. The highest BCUT2D eigenvalue weighted by atomic mass is 16.5. The second kappa shape index (κ2) is 4.74. The number of nitrogens with zero attached hydrogens (tertiary/aromatic N) is 1. The number of nitrogens with two attached hydrogens (primary N) is 1. The Labute approximate surface area is 114 Å². The molecule has 0 aromatic heterocycles. The van der Waals surface area contributed by atoms with Crippen molar-refractivity contribution in [2.24, 2.45) is 5.73 Å². The molecular weight excluding hydrogens is 236 g/mol. The van der Waals surface area contributed by atoms with Crippen molar-refractivity contribution in [1.29, 1.82) is 0 Å². The molecule has 2 atom stereocenters. The maximum absolute atomic E-state index is 6.25. The van der Waals surface area contributed by atoms with Gasteiger partial charge in [0, 0.05) is 12.4 Å². The van der Waals surface area contributed by atoms with Crippen LogP contribution in [0.3, 0.4) is 0 Å². The van der Waals surface area contributed by atoms with Gasteiger partial charge in [0.25, 0.3) is 0 Å². The lowest BCUT2D eigenvalue weighted by atomic mass is 10.0. The predicted octanol–water partition coefficient (Wildman–Crippen LogP) is 2.77. The molecule has 0 fully saturated rings. The van der Waals surface area contributed by atoms with E-state index in [1.807, 2.05) is 0 Å². The fourth-order valence-corrected chi connectivity index (χ4v) is 2.82. The highest BCUT2D eigenvalue weighted by molar-refractivity contribution is 5.94. The zero-order valence-electron chi connectivity index (χ0n) is 11.5. The van der Waals surface area contributed by atoms with Crippen molar-refractivity contribution in [3.8, 4) is 5.75 Å². The van der Waals surface area contributed by atoms with E-state index in [1.165, 1.54) is 16.5 Å². The van der Waals surface area contributed by atoms with Gasteiger partial charge in [0.05, 0.1) is 11.7 Å². The van der Waals surface area contributed by atoms with Gasteiger partial charge in [-0.05, 0) is 31.3 Å². The number of hydrogen-bond donors (Lipinski definition) is 1. The number of rotatable bonds is 2. The molecule has 0 saturated carbocycles. The van der Waals surface area contributed by atoms with Crippen LogP contribution in [0.1, 0.15) is 13.3 Å². The Kier molecular flexibility index (Phi) is 3.07. The molecule has 19 heavy (non-hydrogen) atoms. The second-order valence-electron chi connectivity index (χ2n) is 5.22. The fourth-order valence-electron chi connectivity index (χ4n) is 2.82. The molecule has 1 aliphatic heterocycles. The van der Waals surface area contributed by atoms with Crippen LogP contribution in [-0.4, -0.2) is 25.7 Å². The van der Waals surface area contributed by atoms with Crippen LogP contribution in [0, 0.1) is 0 Å². The zero-order chi connectivity index (χ0) is 13.4. The smallest absolute Gasteiger partial charge is 0.150 e. The topological polar surface area (TPSA) is 38.5 Å². The normalized spacial score (nSPS) is 22.2. The lowest BCUT2D eigenvalue weighted by molar-refractivity contribution is 0.156. The van der Waals surface area contributed by atoms with Crippen molar-refractivity contribution in [3.05, 3.63) is 36.4 Å². The van der Waals surface area contributed by atoms with Gasteiger partial charge in [-0.15, -0.1) is 0 Å². The summed E-state index contributed by atoms with van der Waals surface area (Å²) in [6.45, 7) is 2.85. The van der Waals surface area contributed by atoms with Crippen molar-refractivity contribution in [3.63, 3.8) is 0 Å². The third-order valence-electron chi connectivity index (χ3n) is 4.11. The van der Waals surface area contributed by atoms with Crippen molar-refractivity contribution in [2.75, 3.05) is 18.5 Å². The van der Waals surface area contributed by atoms with Crippen LogP contribution < -0.4 is 15.4 Å². The van der Waals surface area contributed by atoms with E-state index in [1.54, 1.807) is 0 Å². The monoisotopic (exact) mass is 256 g/mol. The first kappa shape index (κ1) is 12.3. The number of likely N-dealkylation sites (N-methyl/N-ethyl adjacent to an activating group) is 1. The van der Waals surface area contributed by atoms with E-state index in [0.29, 0.717) is 12.6 Å². The van der Waals surface area contributed by atoms with Crippen LogP contribution in [-0.2, 0) is 0 Å². The molecular formula is C16H20N2O. The Morgan fingerprint density at radius 3 is 2.79 bits per heavy atom. The molecule has 3 heteroatoms. The largest absolute Gasteiger partial charge is 0.485 e. The van der Waals surface area contributed by atoms with E-state index in [-0.39, 0.29) is 6.10 Å². The third-order valence-corrected chi connectivity index (χ3v) is 4.11. The van der Waals surface area contributed by atoms with Gasteiger partial charge >= 0.3 is 0 Å². The quantitative estimate of drug-likeness (QED) is 0.898. The van der Waals surface area contributed by atoms with E-state index < -0.39 is 0 Å². The zero-order valence-corrected chi connectivity index (χ0v) is 11.5. The lowest BCUT2D eigenvalue weighted by Crippen LogP contribution is -2.46. The minimum Gasteiger partial charge on any atom is -0.485 e. The minimum atomic E-state index is 0.160. The summed E-state index contributed by atoms with van der Waals surface area (Å²) in [5, 5.41) is 2.40. The summed E-state index contributed by atoms with van der Waals surface area (Å²) in [6, 6.07) is 13.0. The van der Waals surface area contributed by atoms with Crippen LogP contribution in [0.25, 0.3) is 10.8 Å². The molecule has 2 unspecified atom stereocenters. The Morgan fingerprint density at radius 1 is 1.21 bits per heavy atom. The summed E-state index contributed by atoms with van der Waals surface area (Å²) in [4.78, 5) is 2.30. The van der Waals surface area contributed by atoms with Crippen molar-refractivity contribution >= 4 is 16.5 Å². The molecule has 0 radical (unpaired) electrons. The molecule has 3 rings (SSSR count). The summed E-state index contributed by atoms with van der Waals surface area (Å²) in [7, 11) is 2.13. The number of fused-ring (bicyclic) bond motifs is 3. The SMILES string of the molecule is CC1C(CCN)Oc2c(ccc3ccccc23)N1C. The van der Waals surface area contributed by atoms with Crippen LogP contribution in [0.4, 0.5) is 5.69 Å². The third kappa shape index (κ3) is 1.94. The van der Waals surface area contributed by atoms with E-state index in [2.05, 4.69) is 55.3 Å². The first-order chi connectivity index (χ1) is 9.22. The van der Waals surface area contributed by atoms with Crippen LogP contribution >= 0.6 is 0 Å². The highest BCUT2D eigenvalue weighted by Gasteiger charge is 2.30. The first-order valence-corrected chi connectivity index (χ1v) is 6.83. The van der Waals surface area contributed by atoms with Crippen molar-refractivity contribution in [1.82, 2.24) is 0 Å². The maximum atomic E-state index is 6.25. The Balaban J connectivity index is 2.14. The molecule has 0 bridgehead atoms. The summed E-state index contributed by atoms with van der Waals surface area (Å²) >= 11 is 0. The number of anilines is 1. The molecule has 2 N–H and O–H groups in total. The van der Waals surface area contributed by atoms with Crippen LogP contribution in [0.2, 0.25) is 0 Å². The highest BCUT2D eigenvalue weighted by Crippen LogP contribution is 2.41. The molecule has 100 valence electrons. The van der Waals surface area contributed by atoms with E-state index in [4.69, 9.17) is 10.5 Å². The fraction of sp³-hybridized carbons (Fsp3) is 0.375. The lowest BCUT2D eigenvalue weighted by Gasteiger charge is -2.40. The molecule has 0 saturated heterocycles. The van der Waals surface area contributed by atoms with Gasteiger partial charge < -0.3 is 15.4 Å². The van der Waals surface area contributed by atoms with Crippen molar-refractivity contribution in [2.45, 2.75) is 25.5 Å². The average Bonchev–Trinajstić information content (AvgIpc) is 2.44. The Morgan fingerprint density at radius 2 is 2.00 bits per heavy atom. The summed E-state index contributed by atoms with van der Waals surface area (Å²) in [5.41, 5.74) is 6.87.